The summed E-state index contributed by atoms with van der Waals surface area (Å²) in [5, 5.41) is 5.69. The molecule has 0 aromatic carbocycles. The summed E-state index contributed by atoms with van der Waals surface area (Å²) in [7, 11) is 0. The van der Waals surface area contributed by atoms with Crippen LogP contribution >= 0.6 is 11.3 Å². The van der Waals surface area contributed by atoms with E-state index in [1.54, 1.807) is 4.88 Å². The molecule has 1 N–H and O–H groups in total. The molecule has 2 rings (SSSR count). The summed E-state index contributed by atoms with van der Waals surface area (Å²) in [6.07, 6.45) is 3.95. The molecule has 0 radical (unpaired) electrons. The van der Waals surface area contributed by atoms with Crippen LogP contribution in [0.3, 0.4) is 0 Å². The van der Waals surface area contributed by atoms with E-state index < -0.39 is 0 Å². The van der Waals surface area contributed by atoms with E-state index in [-0.39, 0.29) is 0 Å². The molecule has 1 aliphatic heterocycles. The van der Waals surface area contributed by atoms with Crippen molar-refractivity contribution in [3.63, 3.8) is 0 Å². The molecule has 0 bridgehead atoms. The van der Waals surface area contributed by atoms with Gasteiger partial charge in [-0.3, -0.25) is 4.90 Å². The van der Waals surface area contributed by atoms with Crippen molar-refractivity contribution in [2.24, 2.45) is 5.92 Å². The van der Waals surface area contributed by atoms with Gasteiger partial charge in [-0.25, -0.2) is 0 Å². The molecule has 18 heavy (non-hydrogen) atoms. The molecular formula is C15H26N2S. The summed E-state index contributed by atoms with van der Waals surface area (Å²) in [4.78, 5) is 4.23. The van der Waals surface area contributed by atoms with Gasteiger partial charge in [0.05, 0.1) is 0 Å². The van der Waals surface area contributed by atoms with Crippen LogP contribution < -0.4 is 5.32 Å². The second-order valence-corrected chi connectivity index (χ2v) is 6.21. The highest BCUT2D eigenvalue weighted by molar-refractivity contribution is 7.10. The lowest BCUT2D eigenvalue weighted by Gasteiger charge is -2.37. The molecule has 0 amide bonds. The van der Waals surface area contributed by atoms with Crippen molar-refractivity contribution < 1.29 is 0 Å². The number of rotatable bonds is 6. The molecule has 0 saturated carbocycles. The number of hydrogen-bond donors (Lipinski definition) is 1. The van der Waals surface area contributed by atoms with Gasteiger partial charge in [-0.15, -0.1) is 11.3 Å². The van der Waals surface area contributed by atoms with Crippen LogP contribution in [0.1, 0.15) is 44.0 Å². The van der Waals surface area contributed by atoms with E-state index in [0.29, 0.717) is 6.04 Å². The molecule has 3 heteroatoms. The SMILES string of the molecule is CCNCC1CCN(C(CC)c2cccs2)CC1. The highest BCUT2D eigenvalue weighted by Gasteiger charge is 2.25. The monoisotopic (exact) mass is 266 g/mol. The Kier molecular flexibility index (Phi) is 5.67. The van der Waals surface area contributed by atoms with Crippen LogP contribution in [-0.4, -0.2) is 31.1 Å². The van der Waals surface area contributed by atoms with Gasteiger partial charge in [0.15, 0.2) is 0 Å². The number of nitrogens with one attached hydrogen (secondary N) is 1. The van der Waals surface area contributed by atoms with Gasteiger partial charge in [-0.05, 0) is 62.8 Å². The first kappa shape index (κ1) is 14.0. The number of nitrogens with zero attached hydrogens (tertiary/aromatic N) is 1. The fourth-order valence-electron chi connectivity index (χ4n) is 2.94. The zero-order valence-electron chi connectivity index (χ0n) is 11.7. The van der Waals surface area contributed by atoms with Crippen LogP contribution in [0.2, 0.25) is 0 Å². The van der Waals surface area contributed by atoms with Crippen molar-refractivity contribution in [3.05, 3.63) is 22.4 Å². The Morgan fingerprint density at radius 1 is 1.39 bits per heavy atom. The van der Waals surface area contributed by atoms with Crippen molar-refractivity contribution in [1.29, 1.82) is 0 Å². The summed E-state index contributed by atoms with van der Waals surface area (Å²) in [5.74, 6) is 0.891. The van der Waals surface area contributed by atoms with Gasteiger partial charge in [0.1, 0.15) is 0 Å². The third kappa shape index (κ3) is 3.56. The Labute approximate surface area is 115 Å². The molecule has 1 aromatic rings. The molecular weight excluding hydrogens is 240 g/mol. The Balaban J connectivity index is 1.84. The van der Waals surface area contributed by atoms with Crippen molar-refractivity contribution in [2.45, 2.75) is 39.2 Å². The maximum Gasteiger partial charge on any atom is 0.0438 e. The fourth-order valence-corrected chi connectivity index (χ4v) is 3.88. The lowest BCUT2D eigenvalue weighted by Crippen LogP contribution is -2.39. The molecule has 1 saturated heterocycles. The van der Waals surface area contributed by atoms with Gasteiger partial charge in [-0.1, -0.05) is 19.9 Å². The summed E-state index contributed by atoms with van der Waals surface area (Å²) >= 11 is 1.91. The van der Waals surface area contributed by atoms with Gasteiger partial charge < -0.3 is 5.32 Å². The van der Waals surface area contributed by atoms with Gasteiger partial charge in [0.25, 0.3) is 0 Å². The van der Waals surface area contributed by atoms with Crippen LogP contribution in [0.25, 0.3) is 0 Å². The van der Waals surface area contributed by atoms with E-state index in [2.05, 4.69) is 41.6 Å². The standard InChI is InChI=1S/C15H26N2S/c1-3-14(15-6-5-11-18-15)17-9-7-13(8-10-17)12-16-4-2/h5-6,11,13-14,16H,3-4,7-10,12H2,1-2H3. The van der Waals surface area contributed by atoms with Crippen molar-refractivity contribution in [1.82, 2.24) is 10.2 Å². The van der Waals surface area contributed by atoms with Gasteiger partial charge >= 0.3 is 0 Å². The third-order valence-corrected chi connectivity index (χ3v) is 5.00. The van der Waals surface area contributed by atoms with Crippen molar-refractivity contribution in [2.75, 3.05) is 26.2 Å². The molecule has 1 unspecified atom stereocenters. The second-order valence-electron chi connectivity index (χ2n) is 5.23. The second kappa shape index (κ2) is 7.27. The van der Waals surface area contributed by atoms with Crippen molar-refractivity contribution >= 4 is 11.3 Å². The van der Waals surface area contributed by atoms with E-state index >= 15 is 0 Å². The Morgan fingerprint density at radius 3 is 2.72 bits per heavy atom. The highest BCUT2D eigenvalue weighted by Crippen LogP contribution is 2.31. The normalized spacial score (nSPS) is 20.1. The lowest BCUT2D eigenvalue weighted by molar-refractivity contribution is 0.130. The Morgan fingerprint density at radius 2 is 2.17 bits per heavy atom. The first-order chi connectivity index (χ1) is 8.85. The van der Waals surface area contributed by atoms with Crippen molar-refractivity contribution in [3.8, 4) is 0 Å². The van der Waals surface area contributed by atoms with E-state index in [9.17, 15) is 0 Å². The number of piperidine rings is 1. The number of hydrogen-bond acceptors (Lipinski definition) is 3. The molecule has 1 aliphatic rings. The predicted octanol–water partition coefficient (Wildman–Crippen LogP) is 3.52. The smallest absolute Gasteiger partial charge is 0.0438 e. The first-order valence-corrected chi connectivity index (χ1v) is 8.21. The summed E-state index contributed by atoms with van der Waals surface area (Å²) < 4.78 is 0. The van der Waals surface area contributed by atoms with Gasteiger partial charge in [-0.2, -0.15) is 0 Å². The zero-order valence-corrected chi connectivity index (χ0v) is 12.5. The van der Waals surface area contributed by atoms with Crippen LogP contribution in [-0.2, 0) is 0 Å². The summed E-state index contributed by atoms with van der Waals surface area (Å²) in [6, 6.07) is 5.13. The molecule has 1 atom stereocenters. The largest absolute Gasteiger partial charge is 0.317 e. The number of thiophene rings is 1. The van der Waals surface area contributed by atoms with Gasteiger partial charge in [0, 0.05) is 10.9 Å². The predicted molar refractivity (Wildman–Crippen MR) is 80.2 cm³/mol. The maximum atomic E-state index is 3.49. The molecule has 1 fully saturated rings. The highest BCUT2D eigenvalue weighted by atomic mass is 32.1. The van der Waals surface area contributed by atoms with Crippen LogP contribution in [0.5, 0.6) is 0 Å². The molecule has 102 valence electrons. The average molecular weight is 266 g/mol. The average Bonchev–Trinajstić information content (AvgIpc) is 2.93. The minimum atomic E-state index is 0.657. The first-order valence-electron chi connectivity index (χ1n) is 7.33. The van der Waals surface area contributed by atoms with Crippen LogP contribution in [0.4, 0.5) is 0 Å². The van der Waals surface area contributed by atoms with E-state index in [0.717, 1.165) is 12.5 Å². The van der Waals surface area contributed by atoms with Gasteiger partial charge in [0.2, 0.25) is 0 Å². The van der Waals surface area contributed by atoms with E-state index in [1.165, 1.54) is 38.9 Å². The summed E-state index contributed by atoms with van der Waals surface area (Å²) in [5.41, 5.74) is 0. The topological polar surface area (TPSA) is 15.3 Å². The molecule has 1 aromatic heterocycles. The molecule has 0 aliphatic carbocycles. The molecule has 0 spiro atoms. The van der Waals surface area contributed by atoms with E-state index in [1.807, 2.05) is 11.3 Å². The fraction of sp³-hybridized carbons (Fsp3) is 0.733. The number of likely N-dealkylation sites (tertiary alicyclic amines) is 1. The maximum absolute atomic E-state index is 3.49. The zero-order chi connectivity index (χ0) is 12.8. The quantitative estimate of drug-likeness (QED) is 0.847. The van der Waals surface area contributed by atoms with Crippen LogP contribution in [0.15, 0.2) is 17.5 Å². The summed E-state index contributed by atoms with van der Waals surface area (Å²) in [6.45, 7) is 9.36. The molecule has 2 nitrogen and oxygen atoms in total. The lowest BCUT2D eigenvalue weighted by atomic mass is 9.95. The van der Waals surface area contributed by atoms with Crippen LogP contribution in [0, 0.1) is 5.92 Å². The van der Waals surface area contributed by atoms with E-state index in [4.69, 9.17) is 0 Å². The Hall–Kier alpha value is -0.380. The Bertz CT molecular complexity index is 315. The minimum absolute atomic E-state index is 0.657. The third-order valence-electron chi connectivity index (χ3n) is 4.03. The minimum Gasteiger partial charge on any atom is -0.317 e. The molecule has 2 heterocycles.